The SMILES string of the molecule is [B]c1c([B])c([B])c(-c2cc(-c3c4ccccc4cc4c3ccc3ccccc34)cc(-c3c4ccccc4cc4c3ccc3ccccc34)c2)c([B])c1[B]. The molecular weight excluding hydrogens is 631 g/mol. The van der Waals surface area contributed by atoms with Crippen LogP contribution in [0.15, 0.2) is 152 Å². The van der Waals surface area contributed by atoms with Gasteiger partial charge in [-0.05, 0) is 128 Å². The first-order valence-corrected chi connectivity index (χ1v) is 17.7. The van der Waals surface area contributed by atoms with Crippen LogP contribution in [-0.4, -0.2) is 39.2 Å². The molecule has 0 aliphatic carbocycles. The van der Waals surface area contributed by atoms with Gasteiger partial charge in [-0.3, -0.25) is 0 Å². The lowest BCUT2D eigenvalue weighted by atomic mass is 9.59. The molecule has 0 saturated heterocycles. The van der Waals surface area contributed by atoms with Gasteiger partial charge in [0.25, 0.3) is 0 Å². The summed E-state index contributed by atoms with van der Waals surface area (Å²) >= 11 is 0. The maximum Gasteiger partial charge on any atom is 0.113 e. The average molecular weight is 656 g/mol. The third-order valence-electron chi connectivity index (χ3n) is 11.0. The van der Waals surface area contributed by atoms with Crippen molar-refractivity contribution in [2.24, 2.45) is 0 Å². The Balaban J connectivity index is 1.40. The Kier molecular flexibility index (Phi) is 7.24. The molecule has 0 saturated carbocycles. The van der Waals surface area contributed by atoms with Gasteiger partial charge < -0.3 is 0 Å². The predicted molar refractivity (Wildman–Crippen MR) is 235 cm³/mol. The molecule has 232 valence electrons. The fourth-order valence-electron chi connectivity index (χ4n) is 8.48. The summed E-state index contributed by atoms with van der Waals surface area (Å²) in [4.78, 5) is 0. The molecule has 0 amide bonds. The molecule has 0 fully saturated rings. The molecule has 0 spiro atoms. The largest absolute Gasteiger partial charge is 0.113 e. The third kappa shape index (κ3) is 4.84. The zero-order chi connectivity index (χ0) is 36.0. The molecule has 0 bridgehead atoms. The van der Waals surface area contributed by atoms with Gasteiger partial charge in [0.2, 0.25) is 0 Å². The maximum atomic E-state index is 6.81. The zero-order valence-electron chi connectivity index (χ0n) is 28.8. The van der Waals surface area contributed by atoms with Crippen LogP contribution in [0.1, 0.15) is 0 Å². The minimum atomic E-state index is 0.193. The molecule has 0 unspecified atom stereocenters. The van der Waals surface area contributed by atoms with E-state index in [1.807, 2.05) is 0 Å². The highest BCUT2D eigenvalue weighted by Crippen LogP contribution is 2.45. The van der Waals surface area contributed by atoms with Crippen molar-refractivity contribution in [2.45, 2.75) is 0 Å². The summed E-state index contributed by atoms with van der Waals surface area (Å²) in [5.41, 5.74) is 6.90. The summed E-state index contributed by atoms with van der Waals surface area (Å²) in [6, 6.07) is 54.4. The van der Waals surface area contributed by atoms with Gasteiger partial charge in [-0.15, -0.1) is 16.4 Å². The van der Waals surface area contributed by atoms with Crippen molar-refractivity contribution in [1.82, 2.24) is 0 Å². The Labute approximate surface area is 314 Å². The third-order valence-corrected chi connectivity index (χ3v) is 11.0. The smallest absolute Gasteiger partial charge is 0.112 e. The summed E-state index contributed by atoms with van der Waals surface area (Å²) in [6.07, 6.45) is 0. The lowest BCUT2D eigenvalue weighted by Gasteiger charge is -2.23. The quantitative estimate of drug-likeness (QED) is 0.105. The van der Waals surface area contributed by atoms with Crippen LogP contribution in [0.5, 0.6) is 0 Å². The van der Waals surface area contributed by atoms with E-state index in [-0.39, 0.29) is 16.4 Å². The molecule has 10 aromatic carbocycles. The second kappa shape index (κ2) is 12.1. The van der Waals surface area contributed by atoms with Crippen LogP contribution in [0, 0.1) is 0 Å². The molecule has 0 heterocycles. The number of hydrogen-bond donors (Lipinski definition) is 0. The Morgan fingerprint density at radius 2 is 0.566 bits per heavy atom. The van der Waals surface area contributed by atoms with Crippen molar-refractivity contribution in [3.05, 3.63) is 152 Å². The van der Waals surface area contributed by atoms with Gasteiger partial charge in [0.15, 0.2) is 0 Å². The summed E-state index contributed by atoms with van der Waals surface area (Å²) in [7, 11) is 32.9. The van der Waals surface area contributed by atoms with E-state index in [0.717, 1.165) is 60.1 Å². The molecule has 10 rings (SSSR count). The molecule has 0 atom stereocenters. The van der Waals surface area contributed by atoms with E-state index in [2.05, 4.69) is 152 Å². The fraction of sp³-hybridized carbons (Fsp3) is 0. The number of benzene rings is 10. The van der Waals surface area contributed by atoms with Crippen molar-refractivity contribution in [2.75, 3.05) is 0 Å². The second-order valence-corrected chi connectivity index (χ2v) is 14.0. The van der Waals surface area contributed by atoms with Crippen molar-refractivity contribution in [1.29, 1.82) is 0 Å². The van der Waals surface area contributed by atoms with E-state index >= 15 is 0 Å². The standard InChI is InChI=1S/C48H25B5/c49-44-43(45(50)47(52)48(53)46(44)51)32-22-30(41-35-15-7-3-11-28(35)24-39-33-13-5-1-9-26(33)17-19-37(39)41)21-31(23-32)42-36-16-8-4-12-29(36)25-40-34-14-6-2-10-27(34)18-20-38(40)42/h1-25H. The fourth-order valence-corrected chi connectivity index (χ4v) is 8.48. The molecule has 0 aliphatic rings. The van der Waals surface area contributed by atoms with Crippen molar-refractivity contribution in [3.8, 4) is 33.4 Å². The molecule has 10 aromatic rings. The average Bonchev–Trinajstić information content (AvgIpc) is 3.20. The molecule has 53 heavy (non-hydrogen) atoms. The zero-order valence-corrected chi connectivity index (χ0v) is 28.8. The lowest BCUT2D eigenvalue weighted by molar-refractivity contribution is 1.64. The minimum Gasteiger partial charge on any atom is -0.112 e. The van der Waals surface area contributed by atoms with E-state index in [1.165, 1.54) is 32.3 Å². The number of hydrogen-bond acceptors (Lipinski definition) is 0. The van der Waals surface area contributed by atoms with Gasteiger partial charge in [-0.25, -0.2) is 0 Å². The number of fused-ring (bicyclic) bond motifs is 8. The van der Waals surface area contributed by atoms with E-state index in [1.54, 1.807) is 0 Å². The van der Waals surface area contributed by atoms with Gasteiger partial charge in [-0.2, -0.15) is 0 Å². The van der Waals surface area contributed by atoms with Crippen LogP contribution >= 0.6 is 0 Å². The monoisotopic (exact) mass is 656 g/mol. The van der Waals surface area contributed by atoms with E-state index < -0.39 is 0 Å². The van der Waals surface area contributed by atoms with Gasteiger partial charge in [0, 0.05) is 0 Å². The lowest BCUT2D eigenvalue weighted by Crippen LogP contribution is -2.55. The Morgan fingerprint density at radius 3 is 1.00 bits per heavy atom. The molecule has 10 radical (unpaired) electrons. The van der Waals surface area contributed by atoms with Crippen LogP contribution < -0.4 is 27.3 Å². The van der Waals surface area contributed by atoms with E-state index in [9.17, 15) is 0 Å². The molecule has 0 N–H and O–H groups in total. The molecule has 5 heteroatoms. The highest BCUT2D eigenvalue weighted by atomic mass is 14.2. The second-order valence-electron chi connectivity index (χ2n) is 14.0. The summed E-state index contributed by atoms with van der Waals surface area (Å²) in [5.74, 6) is 0. The highest BCUT2D eigenvalue weighted by molar-refractivity contribution is 6.68. The highest BCUT2D eigenvalue weighted by Gasteiger charge is 2.20. The predicted octanol–water partition coefficient (Wildman–Crippen LogP) is 7.58. The first-order valence-electron chi connectivity index (χ1n) is 17.7. The van der Waals surface area contributed by atoms with Crippen LogP contribution in [0.4, 0.5) is 0 Å². The van der Waals surface area contributed by atoms with Gasteiger partial charge in [0.1, 0.15) is 39.2 Å². The topological polar surface area (TPSA) is 0 Å². The summed E-state index contributed by atoms with van der Waals surface area (Å²) in [6.45, 7) is 0. The van der Waals surface area contributed by atoms with Crippen LogP contribution in [0.2, 0.25) is 0 Å². The van der Waals surface area contributed by atoms with Crippen molar-refractivity contribution < 1.29 is 0 Å². The first kappa shape index (κ1) is 31.8. The summed E-state index contributed by atoms with van der Waals surface area (Å²) < 4.78 is 0. The number of rotatable bonds is 3. The van der Waals surface area contributed by atoms with E-state index in [0.29, 0.717) is 16.5 Å². The van der Waals surface area contributed by atoms with E-state index in [4.69, 9.17) is 39.2 Å². The van der Waals surface area contributed by atoms with Crippen LogP contribution in [0.3, 0.4) is 0 Å². The molecule has 0 nitrogen and oxygen atoms in total. The summed E-state index contributed by atoms with van der Waals surface area (Å²) in [5, 5.41) is 14.1. The van der Waals surface area contributed by atoms with Crippen LogP contribution in [0.25, 0.3) is 98.0 Å². The van der Waals surface area contributed by atoms with Gasteiger partial charge >= 0.3 is 0 Å². The normalized spacial score (nSPS) is 11.8. The van der Waals surface area contributed by atoms with Crippen molar-refractivity contribution >= 4 is 131 Å². The van der Waals surface area contributed by atoms with Gasteiger partial charge in [-0.1, -0.05) is 132 Å². The minimum absolute atomic E-state index is 0.193. The van der Waals surface area contributed by atoms with Crippen molar-refractivity contribution in [3.63, 3.8) is 0 Å². The molecule has 0 aliphatic heterocycles. The van der Waals surface area contributed by atoms with Crippen LogP contribution in [-0.2, 0) is 0 Å². The van der Waals surface area contributed by atoms with Gasteiger partial charge in [0.05, 0.1) is 0 Å². The first-order chi connectivity index (χ1) is 25.9. The Bertz CT molecular complexity index is 2970. The molecule has 0 aromatic heterocycles. The maximum absolute atomic E-state index is 6.81. The Hall–Kier alpha value is -5.92. The Morgan fingerprint density at radius 1 is 0.226 bits per heavy atom. The molecular formula is C48H25B5.